The summed E-state index contributed by atoms with van der Waals surface area (Å²) in [5.74, 6) is 0. The first-order valence-corrected chi connectivity index (χ1v) is 11.1. The fourth-order valence-corrected chi connectivity index (χ4v) is 5.15. The Labute approximate surface area is 182 Å². The molecule has 2 aromatic carbocycles. The van der Waals surface area contributed by atoms with Gasteiger partial charge in [-0.2, -0.15) is 0 Å². The highest BCUT2D eigenvalue weighted by atomic mass is 32.1. The molecule has 0 bridgehead atoms. The van der Waals surface area contributed by atoms with E-state index in [-0.39, 0.29) is 5.41 Å². The Kier molecular flexibility index (Phi) is 5.25. The molecule has 0 radical (unpaired) electrons. The van der Waals surface area contributed by atoms with Crippen molar-refractivity contribution in [3.63, 3.8) is 0 Å². The van der Waals surface area contributed by atoms with Crippen LogP contribution < -0.4 is 0 Å². The molecule has 0 unspecified atom stereocenters. The zero-order valence-electron chi connectivity index (χ0n) is 17.6. The van der Waals surface area contributed by atoms with Crippen molar-refractivity contribution < 1.29 is 0 Å². The quantitative estimate of drug-likeness (QED) is 0.333. The van der Waals surface area contributed by atoms with Crippen molar-refractivity contribution in [2.75, 3.05) is 0 Å². The van der Waals surface area contributed by atoms with Crippen LogP contribution in [0.1, 0.15) is 27.7 Å². The number of aryl methyl sites for hydroxylation is 2. The van der Waals surface area contributed by atoms with Gasteiger partial charge in [0.25, 0.3) is 0 Å². The summed E-state index contributed by atoms with van der Waals surface area (Å²) < 4.78 is 10.8. The summed E-state index contributed by atoms with van der Waals surface area (Å²) in [7, 11) is 0. The summed E-state index contributed by atoms with van der Waals surface area (Å²) in [5.41, 5.74) is 4.78. The predicted molar refractivity (Wildman–Crippen MR) is 127 cm³/mol. The monoisotopic (exact) mass is 424 g/mol. The average Bonchev–Trinajstić information content (AvgIpc) is 3.12. The first-order valence-electron chi connectivity index (χ1n) is 10.2. The molecule has 0 amide bonds. The normalized spacial score (nSPS) is 12.3. The number of hydrogen-bond acceptors (Lipinski definition) is 2. The zero-order valence-corrected chi connectivity index (χ0v) is 19.2. The maximum Gasteiger partial charge on any atom is 0.180 e. The number of para-hydroxylation sites is 4. The van der Waals surface area contributed by atoms with Crippen LogP contribution in [0.2, 0.25) is 0 Å². The molecule has 2 heterocycles. The summed E-state index contributed by atoms with van der Waals surface area (Å²) in [6.45, 7) is 12.3. The average molecular weight is 425 g/mol. The minimum atomic E-state index is -0.0259. The van der Waals surface area contributed by atoms with E-state index in [9.17, 15) is 0 Å². The third-order valence-electron chi connectivity index (χ3n) is 5.66. The Bertz CT molecular complexity index is 1200. The van der Waals surface area contributed by atoms with Gasteiger partial charge in [0.05, 0.1) is 22.1 Å². The second-order valence-electron chi connectivity index (χ2n) is 8.37. The molecule has 0 aliphatic carbocycles. The molecule has 0 aliphatic rings. The van der Waals surface area contributed by atoms with E-state index in [1.54, 1.807) is 0 Å². The van der Waals surface area contributed by atoms with Crippen LogP contribution in [0.3, 0.4) is 0 Å². The Hall–Kier alpha value is -2.18. The summed E-state index contributed by atoms with van der Waals surface area (Å²) in [6.07, 6.45) is 0. The first-order chi connectivity index (χ1) is 13.9. The number of rotatable bonds is 6. The molecular weight excluding hydrogens is 396 g/mol. The molecule has 4 rings (SSSR count). The molecule has 4 nitrogen and oxygen atoms in total. The van der Waals surface area contributed by atoms with E-state index < -0.39 is 0 Å². The molecular formula is C23H28N4S2. The first kappa shape index (κ1) is 20.1. The van der Waals surface area contributed by atoms with Gasteiger partial charge < -0.3 is 18.3 Å². The van der Waals surface area contributed by atoms with Gasteiger partial charge in [-0.05, 0) is 62.5 Å². The number of hydrogen-bond donors (Lipinski definition) is 0. The van der Waals surface area contributed by atoms with Crippen LogP contribution in [0.15, 0.2) is 48.5 Å². The van der Waals surface area contributed by atoms with Crippen LogP contribution in [-0.2, 0) is 26.2 Å². The maximum atomic E-state index is 5.84. The SMILES string of the molecule is CCn1c(=S)n(CC(C)(C)Cn2c(=S)n(CC)c3ccccc32)c2ccccc21. The Balaban J connectivity index is 1.77. The number of benzene rings is 2. The number of imidazole rings is 2. The topological polar surface area (TPSA) is 19.7 Å². The molecule has 0 N–H and O–H groups in total. The molecule has 0 aliphatic heterocycles. The van der Waals surface area contributed by atoms with Gasteiger partial charge in [-0.25, -0.2) is 0 Å². The van der Waals surface area contributed by atoms with Crippen LogP contribution in [0, 0.1) is 15.0 Å². The van der Waals surface area contributed by atoms with Crippen molar-refractivity contribution >= 4 is 46.5 Å². The predicted octanol–water partition coefficient (Wildman–Crippen LogP) is 6.42. The van der Waals surface area contributed by atoms with Gasteiger partial charge in [0.2, 0.25) is 0 Å². The zero-order chi connectivity index (χ0) is 20.8. The number of aromatic nitrogens is 4. The van der Waals surface area contributed by atoms with Crippen molar-refractivity contribution in [1.82, 2.24) is 18.3 Å². The number of nitrogens with zero attached hydrogens (tertiary/aromatic N) is 4. The van der Waals surface area contributed by atoms with Crippen molar-refractivity contribution in [2.45, 2.75) is 53.9 Å². The fraction of sp³-hybridized carbons (Fsp3) is 0.391. The van der Waals surface area contributed by atoms with Gasteiger partial charge in [-0.15, -0.1) is 0 Å². The van der Waals surface area contributed by atoms with Crippen molar-refractivity contribution in [1.29, 1.82) is 0 Å². The highest BCUT2D eigenvalue weighted by Gasteiger charge is 2.24. The van der Waals surface area contributed by atoms with E-state index in [1.165, 1.54) is 22.1 Å². The molecule has 0 saturated heterocycles. The summed E-state index contributed by atoms with van der Waals surface area (Å²) in [4.78, 5) is 0. The Morgan fingerprint density at radius 3 is 1.24 bits per heavy atom. The van der Waals surface area contributed by atoms with Crippen LogP contribution in [0.4, 0.5) is 0 Å². The minimum Gasteiger partial charge on any atom is -0.317 e. The van der Waals surface area contributed by atoms with Gasteiger partial charge in [-0.1, -0.05) is 38.1 Å². The molecule has 0 fully saturated rings. The van der Waals surface area contributed by atoms with E-state index in [1.807, 2.05) is 0 Å². The molecule has 152 valence electrons. The van der Waals surface area contributed by atoms with E-state index in [0.29, 0.717) is 0 Å². The molecule has 6 heteroatoms. The highest BCUT2D eigenvalue weighted by Crippen LogP contribution is 2.28. The lowest BCUT2D eigenvalue weighted by molar-refractivity contribution is 0.261. The van der Waals surface area contributed by atoms with E-state index in [0.717, 1.165) is 35.7 Å². The second kappa shape index (κ2) is 7.58. The summed E-state index contributed by atoms with van der Waals surface area (Å²) >= 11 is 11.7. The smallest absolute Gasteiger partial charge is 0.180 e. The largest absolute Gasteiger partial charge is 0.317 e. The molecule has 0 saturated carbocycles. The molecule has 0 spiro atoms. The van der Waals surface area contributed by atoms with Crippen molar-refractivity contribution in [2.24, 2.45) is 5.41 Å². The van der Waals surface area contributed by atoms with Gasteiger partial charge in [0.1, 0.15) is 0 Å². The van der Waals surface area contributed by atoms with E-state index >= 15 is 0 Å². The summed E-state index contributed by atoms with van der Waals surface area (Å²) in [5, 5.41) is 0. The van der Waals surface area contributed by atoms with Crippen molar-refractivity contribution in [3.8, 4) is 0 Å². The molecule has 29 heavy (non-hydrogen) atoms. The van der Waals surface area contributed by atoms with Gasteiger partial charge in [-0.3, -0.25) is 0 Å². The Morgan fingerprint density at radius 1 is 0.621 bits per heavy atom. The van der Waals surface area contributed by atoms with Gasteiger partial charge in [0.15, 0.2) is 9.54 Å². The van der Waals surface area contributed by atoms with Gasteiger partial charge >= 0.3 is 0 Å². The molecule has 4 aromatic rings. The highest BCUT2D eigenvalue weighted by molar-refractivity contribution is 7.71. The van der Waals surface area contributed by atoms with E-state index in [2.05, 4.69) is 94.5 Å². The van der Waals surface area contributed by atoms with Crippen molar-refractivity contribution in [3.05, 3.63) is 58.1 Å². The fourth-order valence-electron chi connectivity index (χ4n) is 4.37. The van der Waals surface area contributed by atoms with Crippen LogP contribution in [0.5, 0.6) is 0 Å². The van der Waals surface area contributed by atoms with Crippen LogP contribution >= 0.6 is 24.4 Å². The Morgan fingerprint density at radius 2 is 0.931 bits per heavy atom. The standard InChI is InChI=1S/C23H28N4S2/c1-5-24-17-11-7-9-13-19(17)26(21(24)28)15-23(3,4)16-27-20-14-10-8-12-18(20)25(6-2)22(27)29/h7-14H,5-6,15-16H2,1-4H3. The third kappa shape index (κ3) is 3.38. The lowest BCUT2D eigenvalue weighted by Crippen LogP contribution is -2.26. The lowest BCUT2D eigenvalue weighted by Gasteiger charge is -2.26. The van der Waals surface area contributed by atoms with Crippen LogP contribution in [-0.4, -0.2) is 18.3 Å². The minimum absolute atomic E-state index is 0.0259. The molecule has 2 aromatic heterocycles. The second-order valence-corrected chi connectivity index (χ2v) is 9.10. The third-order valence-corrected chi connectivity index (χ3v) is 6.54. The van der Waals surface area contributed by atoms with E-state index in [4.69, 9.17) is 24.4 Å². The number of fused-ring (bicyclic) bond motifs is 2. The van der Waals surface area contributed by atoms with Gasteiger partial charge in [0, 0.05) is 31.6 Å². The molecule has 0 atom stereocenters. The van der Waals surface area contributed by atoms with Crippen LogP contribution in [0.25, 0.3) is 22.1 Å². The maximum absolute atomic E-state index is 5.84. The summed E-state index contributed by atoms with van der Waals surface area (Å²) in [6, 6.07) is 17.0. The lowest BCUT2D eigenvalue weighted by atomic mass is 9.93.